The molecule has 1 aromatic heterocycles. The number of fused-ring (bicyclic) bond motifs is 1. The molecule has 114 valence electrons. The zero-order chi connectivity index (χ0) is 15.3. The van der Waals surface area contributed by atoms with Crippen molar-refractivity contribution in [1.82, 2.24) is 9.55 Å². The van der Waals surface area contributed by atoms with Gasteiger partial charge in [0.05, 0.1) is 27.7 Å². The lowest BCUT2D eigenvalue weighted by molar-refractivity contribution is -0.0514. The van der Waals surface area contributed by atoms with E-state index in [0.29, 0.717) is 21.1 Å². The minimum atomic E-state index is -1.22. The van der Waals surface area contributed by atoms with E-state index in [1.807, 2.05) is 0 Å². The molecule has 0 bridgehead atoms. The molecule has 9 heteroatoms. The Morgan fingerprint density at radius 2 is 1.90 bits per heavy atom. The molecule has 21 heavy (non-hydrogen) atoms. The summed E-state index contributed by atoms with van der Waals surface area (Å²) < 4.78 is 7.29. The summed E-state index contributed by atoms with van der Waals surface area (Å²) in [5.74, 6) is 0. The smallest absolute Gasteiger partial charge is 0.180 e. The number of hydrogen-bond donors (Lipinski definition) is 4. The minimum Gasteiger partial charge on any atom is -0.394 e. The van der Waals surface area contributed by atoms with Crippen molar-refractivity contribution in [2.75, 3.05) is 6.61 Å². The SMILES string of the molecule is OC[C@@H]1O[C@@H](n2c(=S)[nH]c3cc(Cl)c(Cl)cc32)[C@H](O)[C@@H]1O. The molecule has 1 aliphatic heterocycles. The summed E-state index contributed by atoms with van der Waals surface area (Å²) in [5.41, 5.74) is 1.22. The Kier molecular flexibility index (Phi) is 4.00. The number of H-pyrrole nitrogens is 1. The third-order valence-corrected chi connectivity index (χ3v) is 4.55. The van der Waals surface area contributed by atoms with Gasteiger partial charge in [-0.15, -0.1) is 0 Å². The van der Waals surface area contributed by atoms with Crippen LogP contribution in [0.25, 0.3) is 11.0 Å². The highest BCUT2D eigenvalue weighted by Gasteiger charge is 2.44. The monoisotopic (exact) mass is 350 g/mol. The van der Waals surface area contributed by atoms with Crippen molar-refractivity contribution in [3.05, 3.63) is 26.9 Å². The first kappa shape index (κ1) is 15.2. The van der Waals surface area contributed by atoms with Crippen LogP contribution in [-0.4, -0.2) is 49.8 Å². The average Bonchev–Trinajstić information content (AvgIpc) is 2.89. The van der Waals surface area contributed by atoms with E-state index in [-0.39, 0.29) is 4.77 Å². The number of aromatic nitrogens is 2. The summed E-state index contributed by atoms with van der Waals surface area (Å²) in [6.45, 7) is -0.406. The lowest BCUT2D eigenvalue weighted by Crippen LogP contribution is -2.33. The zero-order valence-electron chi connectivity index (χ0n) is 10.5. The number of ether oxygens (including phenoxy) is 1. The summed E-state index contributed by atoms with van der Waals surface area (Å²) in [5, 5.41) is 29.8. The van der Waals surface area contributed by atoms with Crippen LogP contribution >= 0.6 is 35.4 Å². The maximum Gasteiger partial charge on any atom is 0.180 e. The Hall–Kier alpha value is -0.670. The van der Waals surface area contributed by atoms with E-state index in [1.54, 1.807) is 12.1 Å². The molecule has 1 aliphatic rings. The molecule has 0 amide bonds. The van der Waals surface area contributed by atoms with Gasteiger partial charge in [-0.2, -0.15) is 0 Å². The Labute approximate surface area is 134 Å². The van der Waals surface area contributed by atoms with Gasteiger partial charge in [0.2, 0.25) is 0 Å². The van der Waals surface area contributed by atoms with E-state index in [9.17, 15) is 10.2 Å². The Bertz CT molecular complexity index is 747. The van der Waals surface area contributed by atoms with Crippen molar-refractivity contribution in [1.29, 1.82) is 0 Å². The molecule has 1 saturated heterocycles. The maximum absolute atomic E-state index is 10.1. The Morgan fingerprint density at radius 1 is 1.24 bits per heavy atom. The Balaban J connectivity index is 2.15. The highest BCUT2D eigenvalue weighted by Crippen LogP contribution is 2.34. The number of nitrogens with one attached hydrogen (secondary N) is 1. The second kappa shape index (κ2) is 5.51. The number of rotatable bonds is 2. The first-order chi connectivity index (χ1) is 9.93. The van der Waals surface area contributed by atoms with Gasteiger partial charge in [0.25, 0.3) is 0 Å². The molecule has 0 unspecified atom stereocenters. The first-order valence-electron chi connectivity index (χ1n) is 6.15. The summed E-state index contributed by atoms with van der Waals surface area (Å²) in [6, 6.07) is 3.22. The standard InChI is InChI=1S/C12H12Cl2N2O4S/c13-4-1-6-7(2-5(4)14)16(12(21)15-6)11-10(19)9(18)8(3-17)20-11/h1-2,8-11,17-19H,3H2,(H,15,21)/t8-,9+,10+,11+/m0/s1. The molecule has 3 rings (SSSR count). The van der Waals surface area contributed by atoms with Crippen LogP contribution in [0.3, 0.4) is 0 Å². The van der Waals surface area contributed by atoms with E-state index in [4.69, 9.17) is 45.3 Å². The van der Waals surface area contributed by atoms with Gasteiger partial charge in [0.1, 0.15) is 18.3 Å². The number of nitrogens with zero attached hydrogens (tertiary/aromatic N) is 1. The highest BCUT2D eigenvalue weighted by molar-refractivity contribution is 7.71. The second-order valence-electron chi connectivity index (χ2n) is 4.81. The lowest BCUT2D eigenvalue weighted by atomic mass is 10.1. The summed E-state index contributed by atoms with van der Waals surface area (Å²) >= 11 is 17.2. The van der Waals surface area contributed by atoms with Crippen molar-refractivity contribution in [2.45, 2.75) is 24.5 Å². The molecule has 0 spiro atoms. The van der Waals surface area contributed by atoms with Crippen LogP contribution in [0.1, 0.15) is 6.23 Å². The number of aliphatic hydroxyl groups excluding tert-OH is 3. The van der Waals surface area contributed by atoms with Gasteiger partial charge in [0.15, 0.2) is 11.0 Å². The Morgan fingerprint density at radius 3 is 2.52 bits per heavy atom. The first-order valence-corrected chi connectivity index (χ1v) is 7.32. The van der Waals surface area contributed by atoms with Crippen LogP contribution in [0.15, 0.2) is 12.1 Å². The largest absolute Gasteiger partial charge is 0.394 e. The van der Waals surface area contributed by atoms with Gasteiger partial charge in [-0.05, 0) is 24.4 Å². The fourth-order valence-electron chi connectivity index (χ4n) is 2.47. The van der Waals surface area contributed by atoms with Gasteiger partial charge in [-0.1, -0.05) is 23.2 Å². The number of aliphatic hydroxyl groups is 3. The topological polar surface area (TPSA) is 90.6 Å². The molecule has 1 aromatic carbocycles. The van der Waals surface area contributed by atoms with Gasteiger partial charge < -0.3 is 25.0 Å². The quantitative estimate of drug-likeness (QED) is 0.618. The number of imidazole rings is 1. The van der Waals surface area contributed by atoms with Crippen LogP contribution in [-0.2, 0) is 4.74 Å². The molecule has 4 N–H and O–H groups in total. The number of hydrogen-bond acceptors (Lipinski definition) is 5. The zero-order valence-corrected chi connectivity index (χ0v) is 12.9. The van der Waals surface area contributed by atoms with E-state index in [1.165, 1.54) is 4.57 Å². The third-order valence-electron chi connectivity index (χ3n) is 3.53. The van der Waals surface area contributed by atoms with Gasteiger partial charge in [-0.3, -0.25) is 4.57 Å². The van der Waals surface area contributed by atoms with Crippen LogP contribution < -0.4 is 0 Å². The normalized spacial score (nSPS) is 29.4. The molecular weight excluding hydrogens is 339 g/mol. The van der Waals surface area contributed by atoms with Crippen molar-refractivity contribution >= 4 is 46.5 Å². The maximum atomic E-state index is 10.1. The van der Waals surface area contributed by atoms with Crippen molar-refractivity contribution < 1.29 is 20.1 Å². The number of benzene rings is 1. The number of aromatic amines is 1. The molecule has 0 saturated carbocycles. The van der Waals surface area contributed by atoms with Gasteiger partial charge in [0, 0.05) is 0 Å². The average molecular weight is 351 g/mol. The number of halogens is 2. The lowest BCUT2D eigenvalue weighted by Gasteiger charge is -2.17. The van der Waals surface area contributed by atoms with Crippen LogP contribution in [0.2, 0.25) is 10.0 Å². The third kappa shape index (κ3) is 2.39. The molecule has 1 fully saturated rings. The van der Waals surface area contributed by atoms with Crippen LogP contribution in [0, 0.1) is 4.77 Å². The molecule has 6 nitrogen and oxygen atoms in total. The second-order valence-corrected chi connectivity index (χ2v) is 6.01. The summed E-state index contributed by atoms with van der Waals surface area (Å²) in [4.78, 5) is 2.94. The fourth-order valence-corrected chi connectivity index (χ4v) is 3.10. The molecule has 4 atom stereocenters. The van der Waals surface area contributed by atoms with Gasteiger partial charge in [-0.25, -0.2) is 0 Å². The van der Waals surface area contributed by atoms with E-state index < -0.39 is 31.1 Å². The highest BCUT2D eigenvalue weighted by atomic mass is 35.5. The predicted octanol–water partition coefficient (Wildman–Crippen LogP) is 1.62. The van der Waals surface area contributed by atoms with Crippen molar-refractivity contribution in [3.63, 3.8) is 0 Å². The molecule has 2 heterocycles. The van der Waals surface area contributed by atoms with Crippen LogP contribution in [0.5, 0.6) is 0 Å². The molecule has 0 radical (unpaired) electrons. The molecule has 2 aromatic rings. The molecule has 0 aliphatic carbocycles. The van der Waals surface area contributed by atoms with E-state index in [0.717, 1.165) is 0 Å². The van der Waals surface area contributed by atoms with Crippen LogP contribution in [0.4, 0.5) is 0 Å². The summed E-state index contributed by atoms with van der Waals surface area (Å²) in [6.07, 6.45) is -4.22. The van der Waals surface area contributed by atoms with Gasteiger partial charge >= 0.3 is 0 Å². The minimum absolute atomic E-state index is 0.290. The van der Waals surface area contributed by atoms with E-state index in [2.05, 4.69) is 4.98 Å². The van der Waals surface area contributed by atoms with E-state index >= 15 is 0 Å². The molecular formula is C12H12Cl2N2O4S. The van der Waals surface area contributed by atoms with Crippen molar-refractivity contribution in [3.8, 4) is 0 Å². The van der Waals surface area contributed by atoms with Crippen molar-refractivity contribution in [2.24, 2.45) is 0 Å². The predicted molar refractivity (Wildman–Crippen MR) is 80.2 cm³/mol. The fraction of sp³-hybridized carbons (Fsp3) is 0.417. The summed E-state index contributed by atoms with van der Waals surface area (Å²) in [7, 11) is 0.